The maximum atomic E-state index is 11.4. The molecule has 0 saturated heterocycles. The molecule has 68 valence electrons. The second-order valence-corrected chi connectivity index (χ2v) is 3.27. The van der Waals surface area contributed by atoms with Crippen molar-refractivity contribution in [2.24, 2.45) is 0 Å². The molecule has 1 atom stereocenters. The van der Waals surface area contributed by atoms with E-state index in [4.69, 9.17) is 5.26 Å². The van der Waals surface area contributed by atoms with Crippen LogP contribution in [0.15, 0.2) is 0 Å². The molecule has 0 spiro atoms. The van der Waals surface area contributed by atoms with E-state index >= 15 is 0 Å². The number of hydrogen-bond donors (Lipinski definition) is 1. The number of carbonyl (C=O) groups excluding carboxylic acids is 1. The fraction of sp³-hybridized carbons (Fsp3) is 0.429. The smallest absolute Gasteiger partial charge is 0.265 e. The number of aromatic nitrogens is 2. The Hall–Kier alpha value is -1.48. The van der Waals surface area contributed by atoms with Crippen molar-refractivity contribution in [3.05, 3.63) is 10.6 Å². The van der Waals surface area contributed by atoms with Gasteiger partial charge in [-0.1, -0.05) is 4.49 Å². The van der Waals surface area contributed by atoms with Gasteiger partial charge in [0.2, 0.25) is 0 Å². The van der Waals surface area contributed by atoms with E-state index in [1.165, 1.54) is 0 Å². The van der Waals surface area contributed by atoms with Crippen molar-refractivity contribution in [2.75, 3.05) is 0 Å². The number of rotatable bonds is 2. The molecule has 1 aromatic rings. The fourth-order valence-corrected chi connectivity index (χ4v) is 1.29. The Labute approximate surface area is 79.5 Å². The molecule has 1 aromatic heterocycles. The molecule has 0 aromatic carbocycles. The Bertz CT molecular complexity index is 354. The SMILES string of the molecule is Cc1nnsc1C(=O)NC(C)C#N. The summed E-state index contributed by atoms with van der Waals surface area (Å²) in [7, 11) is 0. The average molecular weight is 196 g/mol. The van der Waals surface area contributed by atoms with Crippen LogP contribution >= 0.6 is 11.5 Å². The van der Waals surface area contributed by atoms with Crippen LogP contribution < -0.4 is 5.32 Å². The van der Waals surface area contributed by atoms with Crippen molar-refractivity contribution in [1.29, 1.82) is 5.26 Å². The first-order valence-electron chi connectivity index (χ1n) is 3.64. The monoisotopic (exact) mass is 196 g/mol. The van der Waals surface area contributed by atoms with Crippen molar-refractivity contribution in [3.63, 3.8) is 0 Å². The summed E-state index contributed by atoms with van der Waals surface area (Å²) in [6, 6.07) is 1.42. The molecule has 0 saturated carbocycles. The van der Waals surface area contributed by atoms with Gasteiger partial charge in [0.1, 0.15) is 10.9 Å². The zero-order chi connectivity index (χ0) is 9.84. The van der Waals surface area contributed by atoms with E-state index in [2.05, 4.69) is 14.9 Å². The minimum absolute atomic E-state index is 0.290. The predicted octanol–water partition coefficient (Wildman–Crippen LogP) is 0.488. The third-order valence-electron chi connectivity index (χ3n) is 1.40. The number of nitrogens with zero attached hydrogens (tertiary/aromatic N) is 3. The molecule has 0 fully saturated rings. The van der Waals surface area contributed by atoms with Crippen LogP contribution in [0.25, 0.3) is 0 Å². The normalized spacial score (nSPS) is 11.8. The van der Waals surface area contributed by atoms with Crippen LogP contribution in [0.1, 0.15) is 22.3 Å². The number of carbonyl (C=O) groups is 1. The van der Waals surface area contributed by atoms with E-state index in [-0.39, 0.29) is 5.91 Å². The Kier molecular flexibility index (Phi) is 2.93. The minimum atomic E-state index is -0.492. The van der Waals surface area contributed by atoms with Gasteiger partial charge in [-0.05, 0) is 25.4 Å². The molecule has 0 aliphatic rings. The third kappa shape index (κ3) is 2.23. The van der Waals surface area contributed by atoms with E-state index in [9.17, 15) is 4.79 Å². The van der Waals surface area contributed by atoms with Gasteiger partial charge in [0.25, 0.3) is 5.91 Å². The van der Waals surface area contributed by atoms with Crippen molar-refractivity contribution >= 4 is 17.4 Å². The summed E-state index contributed by atoms with van der Waals surface area (Å²) in [5.41, 5.74) is 0.590. The zero-order valence-corrected chi connectivity index (χ0v) is 8.05. The largest absolute Gasteiger partial charge is 0.336 e. The highest BCUT2D eigenvalue weighted by Gasteiger charge is 2.14. The summed E-state index contributed by atoms with van der Waals surface area (Å²) in [5.74, 6) is -0.290. The molecule has 1 rings (SSSR count). The van der Waals surface area contributed by atoms with Crippen molar-refractivity contribution in [3.8, 4) is 6.07 Å². The number of hydrogen-bond acceptors (Lipinski definition) is 5. The Morgan fingerprint density at radius 3 is 2.92 bits per heavy atom. The van der Waals surface area contributed by atoms with Crippen LogP contribution in [-0.2, 0) is 0 Å². The molecular weight excluding hydrogens is 188 g/mol. The molecule has 5 nitrogen and oxygen atoms in total. The van der Waals surface area contributed by atoms with Crippen LogP contribution in [0.5, 0.6) is 0 Å². The van der Waals surface area contributed by atoms with Crippen LogP contribution in [0, 0.1) is 18.3 Å². The molecule has 0 bridgehead atoms. The molecule has 13 heavy (non-hydrogen) atoms. The molecule has 1 N–H and O–H groups in total. The van der Waals surface area contributed by atoms with Gasteiger partial charge in [0.15, 0.2) is 0 Å². The molecule has 0 radical (unpaired) electrons. The first-order chi connectivity index (χ1) is 6.15. The highest BCUT2D eigenvalue weighted by molar-refractivity contribution is 7.08. The molecule has 0 aliphatic heterocycles. The van der Waals surface area contributed by atoms with Gasteiger partial charge in [-0.15, -0.1) is 5.10 Å². The fourth-order valence-electron chi connectivity index (χ4n) is 0.734. The van der Waals surface area contributed by atoms with Crippen molar-refractivity contribution in [1.82, 2.24) is 14.9 Å². The third-order valence-corrected chi connectivity index (χ3v) is 2.23. The van der Waals surface area contributed by atoms with E-state index in [1.54, 1.807) is 13.8 Å². The van der Waals surface area contributed by atoms with Crippen LogP contribution in [-0.4, -0.2) is 21.5 Å². The van der Waals surface area contributed by atoms with Crippen molar-refractivity contribution < 1.29 is 4.79 Å². The first kappa shape index (κ1) is 9.61. The zero-order valence-electron chi connectivity index (χ0n) is 7.24. The maximum absolute atomic E-state index is 11.4. The summed E-state index contributed by atoms with van der Waals surface area (Å²) >= 11 is 1.03. The van der Waals surface area contributed by atoms with Gasteiger partial charge >= 0.3 is 0 Å². The summed E-state index contributed by atoms with van der Waals surface area (Å²) < 4.78 is 3.62. The molecule has 1 heterocycles. The standard InChI is InChI=1S/C7H8N4OS/c1-4(3-8)9-7(12)6-5(2)10-11-13-6/h4H,1-2H3,(H,9,12). The number of nitrogens with one attached hydrogen (secondary N) is 1. The van der Waals surface area contributed by atoms with Gasteiger partial charge < -0.3 is 5.32 Å². The van der Waals surface area contributed by atoms with Crippen molar-refractivity contribution in [2.45, 2.75) is 19.9 Å². The second kappa shape index (κ2) is 3.96. The van der Waals surface area contributed by atoms with Gasteiger partial charge in [0.05, 0.1) is 11.8 Å². The average Bonchev–Trinajstić information content (AvgIpc) is 2.51. The minimum Gasteiger partial charge on any atom is -0.336 e. The lowest BCUT2D eigenvalue weighted by molar-refractivity contribution is 0.0951. The molecular formula is C7H8N4OS. The predicted molar refractivity (Wildman–Crippen MR) is 47.2 cm³/mol. The highest BCUT2D eigenvalue weighted by atomic mass is 32.1. The lowest BCUT2D eigenvalue weighted by Crippen LogP contribution is -2.31. The van der Waals surface area contributed by atoms with E-state index in [0.29, 0.717) is 10.6 Å². The van der Waals surface area contributed by atoms with E-state index in [0.717, 1.165) is 11.5 Å². The molecule has 1 unspecified atom stereocenters. The maximum Gasteiger partial charge on any atom is 0.265 e. The Balaban J connectivity index is 2.71. The number of aryl methyl sites for hydroxylation is 1. The van der Waals surface area contributed by atoms with Crippen LogP contribution in [0.4, 0.5) is 0 Å². The molecule has 6 heteroatoms. The number of nitriles is 1. The lowest BCUT2D eigenvalue weighted by atomic mass is 10.3. The van der Waals surface area contributed by atoms with Gasteiger partial charge in [0, 0.05) is 0 Å². The van der Waals surface area contributed by atoms with E-state index in [1.807, 2.05) is 6.07 Å². The molecule has 1 amide bonds. The highest BCUT2D eigenvalue weighted by Crippen LogP contribution is 2.08. The topological polar surface area (TPSA) is 78.7 Å². The Morgan fingerprint density at radius 2 is 2.46 bits per heavy atom. The quantitative estimate of drug-likeness (QED) is 0.746. The summed E-state index contributed by atoms with van der Waals surface area (Å²) in [6.45, 7) is 3.32. The summed E-state index contributed by atoms with van der Waals surface area (Å²) in [6.07, 6.45) is 0. The van der Waals surface area contributed by atoms with Gasteiger partial charge in [-0.2, -0.15) is 5.26 Å². The van der Waals surface area contributed by atoms with Crippen LogP contribution in [0.3, 0.4) is 0 Å². The summed E-state index contributed by atoms with van der Waals surface area (Å²) in [4.78, 5) is 11.8. The second-order valence-electron chi connectivity index (χ2n) is 2.51. The molecule has 0 aliphatic carbocycles. The first-order valence-corrected chi connectivity index (χ1v) is 4.42. The Morgan fingerprint density at radius 1 is 1.77 bits per heavy atom. The van der Waals surface area contributed by atoms with Gasteiger partial charge in [-0.25, -0.2) is 0 Å². The van der Waals surface area contributed by atoms with Gasteiger partial charge in [-0.3, -0.25) is 4.79 Å². The van der Waals surface area contributed by atoms with E-state index < -0.39 is 6.04 Å². The lowest BCUT2D eigenvalue weighted by Gasteiger charge is -2.03. The van der Waals surface area contributed by atoms with Crippen LogP contribution in [0.2, 0.25) is 0 Å². The summed E-state index contributed by atoms with van der Waals surface area (Å²) in [5, 5.41) is 14.7. The number of amides is 1.